The molecule has 0 spiro atoms. The third-order valence-electron chi connectivity index (χ3n) is 4.34. The van der Waals surface area contributed by atoms with Gasteiger partial charge in [-0.15, -0.1) is 23.5 Å². The number of benzene rings is 1. The summed E-state index contributed by atoms with van der Waals surface area (Å²) in [4.78, 5) is 37.3. The highest BCUT2D eigenvalue weighted by molar-refractivity contribution is 8.23. The highest BCUT2D eigenvalue weighted by atomic mass is 32.2. The maximum atomic E-state index is 12.7. The molecule has 172 valence electrons. The van der Waals surface area contributed by atoms with Crippen molar-refractivity contribution in [2.24, 2.45) is 5.92 Å². The maximum absolute atomic E-state index is 12.7. The number of nitrogens with one attached hydrogen (secondary N) is 3. The van der Waals surface area contributed by atoms with Crippen LogP contribution in [0.15, 0.2) is 18.2 Å². The van der Waals surface area contributed by atoms with Crippen molar-refractivity contribution in [3.05, 3.63) is 34.9 Å². The second kappa shape index (κ2) is 13.3. The number of thioether (sulfide) groups is 3. The van der Waals surface area contributed by atoms with Crippen molar-refractivity contribution in [1.29, 1.82) is 0 Å². The quantitative estimate of drug-likeness (QED) is 0.295. The Morgan fingerprint density at radius 1 is 0.968 bits per heavy atom. The number of carbonyl (C=O) groups excluding carboxylic acids is 3. The molecule has 1 aromatic rings. The third-order valence-corrected chi connectivity index (χ3v) is 8.09. The lowest BCUT2D eigenvalue weighted by Crippen LogP contribution is -2.30. The molecule has 1 saturated heterocycles. The van der Waals surface area contributed by atoms with E-state index in [1.807, 2.05) is 37.4 Å². The fourth-order valence-electron chi connectivity index (χ4n) is 2.60. The molecule has 1 unspecified atom stereocenters. The van der Waals surface area contributed by atoms with Crippen LogP contribution in [0, 0.1) is 5.92 Å². The summed E-state index contributed by atoms with van der Waals surface area (Å²) in [6, 6.07) is 5.10. The van der Waals surface area contributed by atoms with E-state index in [0.29, 0.717) is 34.0 Å². The molecule has 1 fully saturated rings. The molecule has 1 aliphatic heterocycles. The van der Waals surface area contributed by atoms with Gasteiger partial charge in [0.2, 0.25) is 5.91 Å². The Morgan fingerprint density at radius 3 is 2.06 bits per heavy atom. The van der Waals surface area contributed by atoms with E-state index in [0.717, 1.165) is 17.1 Å². The third kappa shape index (κ3) is 10.2. The van der Waals surface area contributed by atoms with E-state index < -0.39 is 0 Å². The van der Waals surface area contributed by atoms with Gasteiger partial charge in [0.25, 0.3) is 11.8 Å². The summed E-state index contributed by atoms with van der Waals surface area (Å²) in [6.07, 6.45) is 0. The summed E-state index contributed by atoms with van der Waals surface area (Å²) in [5, 5.41) is 9.22. The molecule has 31 heavy (non-hydrogen) atoms. The molecule has 0 aliphatic carbocycles. The number of hydrogen-bond acceptors (Lipinski definition) is 6. The Bertz CT molecular complexity index is 727. The van der Waals surface area contributed by atoms with Crippen molar-refractivity contribution >= 4 is 53.0 Å². The largest absolute Gasteiger partial charge is 0.352 e. The zero-order chi connectivity index (χ0) is 22.8. The zero-order valence-electron chi connectivity index (χ0n) is 18.7. The fourth-order valence-corrected chi connectivity index (χ4v) is 5.15. The molecule has 0 aromatic heterocycles. The summed E-state index contributed by atoms with van der Waals surface area (Å²) in [5.74, 6) is 2.28. The van der Waals surface area contributed by atoms with Gasteiger partial charge in [0, 0.05) is 53.9 Å². The summed E-state index contributed by atoms with van der Waals surface area (Å²) in [5.41, 5.74) is 1.59. The second-order valence-corrected chi connectivity index (χ2v) is 12.4. The minimum Gasteiger partial charge on any atom is -0.352 e. The van der Waals surface area contributed by atoms with Gasteiger partial charge in [-0.3, -0.25) is 14.4 Å². The molecule has 2 rings (SSSR count). The molecule has 3 N–H and O–H groups in total. The fraction of sp³-hybridized carbons (Fsp3) is 0.591. The minimum atomic E-state index is -0.211. The maximum Gasteiger partial charge on any atom is 0.251 e. The van der Waals surface area contributed by atoms with E-state index in [4.69, 9.17) is 0 Å². The van der Waals surface area contributed by atoms with Crippen molar-refractivity contribution in [2.75, 3.05) is 30.3 Å². The molecule has 3 amide bonds. The first kappa shape index (κ1) is 25.9. The Hall–Kier alpha value is -1.32. The molecule has 0 radical (unpaired) electrons. The van der Waals surface area contributed by atoms with Crippen LogP contribution in [0.1, 0.15) is 54.0 Å². The standard InChI is InChI=1S/C22H33N3O3S3/c1-14(2)20(26)25-12-16-9-17(21(27)23-5-7-29-15(3)4)11-18(10-16)22(28)24-6-8-30-19-13-31-19/h9-11,14-15,19H,5-8,12-13H2,1-4H3,(H,23,27)(H,24,28)(H,25,26). The first-order valence-corrected chi connectivity index (χ1v) is 13.7. The Morgan fingerprint density at radius 2 is 1.55 bits per heavy atom. The van der Waals surface area contributed by atoms with Crippen LogP contribution >= 0.6 is 35.3 Å². The summed E-state index contributed by atoms with van der Waals surface area (Å²) in [6.45, 7) is 9.31. The van der Waals surface area contributed by atoms with Gasteiger partial charge in [0.1, 0.15) is 0 Å². The highest BCUT2D eigenvalue weighted by Gasteiger charge is 2.22. The molecule has 9 heteroatoms. The molecule has 1 heterocycles. The summed E-state index contributed by atoms with van der Waals surface area (Å²) in [7, 11) is 0. The first-order valence-electron chi connectivity index (χ1n) is 10.6. The Labute approximate surface area is 198 Å². The van der Waals surface area contributed by atoms with Crippen LogP contribution < -0.4 is 16.0 Å². The average molecular weight is 484 g/mol. The molecule has 1 aromatic carbocycles. The van der Waals surface area contributed by atoms with Crippen LogP contribution in [-0.4, -0.2) is 57.9 Å². The van der Waals surface area contributed by atoms with Gasteiger partial charge >= 0.3 is 0 Å². The van der Waals surface area contributed by atoms with Crippen molar-refractivity contribution in [3.63, 3.8) is 0 Å². The lowest BCUT2D eigenvalue weighted by Gasteiger charge is -2.13. The highest BCUT2D eigenvalue weighted by Crippen LogP contribution is 2.39. The summed E-state index contributed by atoms with van der Waals surface area (Å²) >= 11 is 5.55. The average Bonchev–Trinajstić information content (AvgIpc) is 3.56. The van der Waals surface area contributed by atoms with E-state index in [1.165, 1.54) is 5.75 Å². The van der Waals surface area contributed by atoms with E-state index in [2.05, 4.69) is 29.8 Å². The Kier molecular flexibility index (Phi) is 11.1. The van der Waals surface area contributed by atoms with Crippen molar-refractivity contribution in [3.8, 4) is 0 Å². The van der Waals surface area contributed by atoms with Gasteiger partial charge in [-0.05, 0) is 29.0 Å². The zero-order valence-corrected chi connectivity index (χ0v) is 21.1. The normalized spacial score (nSPS) is 15.1. The van der Waals surface area contributed by atoms with Crippen LogP contribution in [0.4, 0.5) is 0 Å². The number of rotatable bonds is 13. The number of amides is 3. The molecule has 0 saturated carbocycles. The van der Waals surface area contributed by atoms with Crippen LogP contribution in [0.3, 0.4) is 0 Å². The van der Waals surface area contributed by atoms with Gasteiger partial charge < -0.3 is 16.0 Å². The van der Waals surface area contributed by atoms with E-state index in [-0.39, 0.29) is 30.2 Å². The van der Waals surface area contributed by atoms with Crippen LogP contribution in [0.5, 0.6) is 0 Å². The van der Waals surface area contributed by atoms with Crippen molar-refractivity contribution < 1.29 is 14.4 Å². The van der Waals surface area contributed by atoms with E-state index in [9.17, 15) is 14.4 Å². The predicted molar refractivity (Wildman–Crippen MR) is 134 cm³/mol. The van der Waals surface area contributed by atoms with Gasteiger partial charge in [-0.25, -0.2) is 0 Å². The summed E-state index contributed by atoms with van der Waals surface area (Å²) < 4.78 is 0.675. The van der Waals surface area contributed by atoms with Crippen LogP contribution in [0.2, 0.25) is 0 Å². The van der Waals surface area contributed by atoms with Crippen LogP contribution in [-0.2, 0) is 11.3 Å². The Balaban J connectivity index is 2.03. The first-order chi connectivity index (χ1) is 14.8. The van der Waals surface area contributed by atoms with Crippen LogP contribution in [0.25, 0.3) is 0 Å². The smallest absolute Gasteiger partial charge is 0.251 e. The molecule has 0 bridgehead atoms. The molecular formula is C22H33N3O3S3. The second-order valence-electron chi connectivity index (χ2n) is 7.86. The van der Waals surface area contributed by atoms with Gasteiger partial charge in [0.15, 0.2) is 0 Å². The van der Waals surface area contributed by atoms with Gasteiger partial charge in [-0.1, -0.05) is 27.7 Å². The SMILES string of the molecule is CC(C)SCCNC(=O)c1cc(CNC(=O)C(C)C)cc(C(=O)NCCSC2CS2)c1. The lowest BCUT2D eigenvalue weighted by atomic mass is 10.0. The minimum absolute atomic E-state index is 0.0680. The van der Waals surface area contributed by atoms with E-state index >= 15 is 0 Å². The topological polar surface area (TPSA) is 87.3 Å². The van der Waals surface area contributed by atoms with Crippen molar-refractivity contribution in [1.82, 2.24) is 16.0 Å². The lowest BCUT2D eigenvalue weighted by molar-refractivity contribution is -0.124. The molecule has 1 aliphatic rings. The van der Waals surface area contributed by atoms with Crippen molar-refractivity contribution in [2.45, 2.75) is 44.1 Å². The molecule has 1 atom stereocenters. The predicted octanol–water partition coefficient (Wildman–Crippen LogP) is 3.37. The number of carbonyl (C=O) groups is 3. The van der Waals surface area contributed by atoms with E-state index in [1.54, 1.807) is 30.0 Å². The monoisotopic (exact) mass is 483 g/mol. The molecule has 6 nitrogen and oxygen atoms in total. The van der Waals surface area contributed by atoms with Gasteiger partial charge in [-0.2, -0.15) is 11.8 Å². The van der Waals surface area contributed by atoms with Gasteiger partial charge in [0.05, 0.1) is 4.58 Å². The number of hydrogen-bond donors (Lipinski definition) is 3. The molecular weight excluding hydrogens is 450 g/mol.